The minimum atomic E-state index is -0.452. The van der Waals surface area contributed by atoms with E-state index in [1.165, 1.54) is 0 Å². The third kappa shape index (κ3) is 3.35. The van der Waals surface area contributed by atoms with Crippen LogP contribution in [0.5, 0.6) is 0 Å². The van der Waals surface area contributed by atoms with Crippen molar-refractivity contribution in [1.82, 2.24) is 0 Å². The average Bonchev–Trinajstić information content (AvgIpc) is 2.89. The maximum Gasteiger partial charge on any atom is 0.142 e. The average molecular weight is 261 g/mol. The van der Waals surface area contributed by atoms with Gasteiger partial charge in [-0.25, -0.2) is 0 Å². The standard InChI is InChI=1S/C16H23NO2/c1-16(2,12-5-7-13(17)8-6-12)15(18)10-9-14-4-3-11-19-14/h5-8,14H,3-4,9-11,17H2,1-2H3. The maximum atomic E-state index is 12.4. The number of nitrogen functional groups attached to an aromatic ring is 1. The molecule has 2 N–H and O–H groups in total. The van der Waals surface area contributed by atoms with E-state index in [-0.39, 0.29) is 11.9 Å². The highest BCUT2D eigenvalue weighted by atomic mass is 16.5. The molecule has 1 atom stereocenters. The molecular weight excluding hydrogens is 238 g/mol. The lowest BCUT2D eigenvalue weighted by Gasteiger charge is -2.24. The van der Waals surface area contributed by atoms with E-state index in [2.05, 4.69) is 0 Å². The molecule has 0 aliphatic carbocycles. The number of rotatable bonds is 5. The third-order valence-electron chi connectivity index (χ3n) is 4.05. The Morgan fingerprint density at radius 1 is 1.37 bits per heavy atom. The lowest BCUT2D eigenvalue weighted by atomic mass is 9.78. The molecule has 19 heavy (non-hydrogen) atoms. The lowest BCUT2D eigenvalue weighted by molar-refractivity contribution is -0.124. The third-order valence-corrected chi connectivity index (χ3v) is 4.05. The van der Waals surface area contributed by atoms with Gasteiger partial charge in [-0.1, -0.05) is 12.1 Å². The monoisotopic (exact) mass is 261 g/mol. The molecular formula is C16H23NO2. The van der Waals surface area contributed by atoms with Gasteiger partial charge in [0.2, 0.25) is 0 Å². The number of benzene rings is 1. The second-order valence-electron chi connectivity index (χ2n) is 5.84. The highest BCUT2D eigenvalue weighted by molar-refractivity contribution is 5.89. The van der Waals surface area contributed by atoms with Crippen LogP contribution < -0.4 is 5.73 Å². The molecule has 0 amide bonds. The van der Waals surface area contributed by atoms with Gasteiger partial charge in [0.1, 0.15) is 5.78 Å². The molecule has 0 spiro atoms. The molecule has 1 aliphatic heterocycles. The fourth-order valence-electron chi connectivity index (χ4n) is 2.54. The van der Waals surface area contributed by atoms with Crippen molar-refractivity contribution in [2.24, 2.45) is 0 Å². The van der Waals surface area contributed by atoms with Crippen LogP contribution >= 0.6 is 0 Å². The molecule has 1 fully saturated rings. The summed E-state index contributed by atoms with van der Waals surface area (Å²) in [4.78, 5) is 12.4. The van der Waals surface area contributed by atoms with E-state index >= 15 is 0 Å². The zero-order valence-corrected chi connectivity index (χ0v) is 11.8. The summed E-state index contributed by atoms with van der Waals surface area (Å²) in [5.41, 5.74) is 6.99. The number of hydrogen-bond donors (Lipinski definition) is 1. The summed E-state index contributed by atoms with van der Waals surface area (Å²) >= 11 is 0. The van der Waals surface area contributed by atoms with Gasteiger partial charge in [-0.05, 0) is 50.8 Å². The fraction of sp³-hybridized carbons (Fsp3) is 0.562. The van der Waals surface area contributed by atoms with Crippen LogP contribution in [-0.4, -0.2) is 18.5 Å². The van der Waals surface area contributed by atoms with Crippen molar-refractivity contribution in [2.75, 3.05) is 12.3 Å². The first-order valence-corrected chi connectivity index (χ1v) is 7.01. The molecule has 104 valence electrons. The van der Waals surface area contributed by atoms with Crippen LogP contribution in [0.25, 0.3) is 0 Å². The van der Waals surface area contributed by atoms with Gasteiger partial charge in [-0.15, -0.1) is 0 Å². The van der Waals surface area contributed by atoms with Crippen molar-refractivity contribution < 1.29 is 9.53 Å². The van der Waals surface area contributed by atoms with Crippen molar-refractivity contribution in [1.29, 1.82) is 0 Å². The summed E-state index contributed by atoms with van der Waals surface area (Å²) in [5, 5.41) is 0. The molecule has 2 rings (SSSR count). The Kier molecular flexibility index (Phi) is 4.25. The number of ether oxygens (including phenoxy) is 1. The molecule has 0 radical (unpaired) electrons. The summed E-state index contributed by atoms with van der Waals surface area (Å²) in [6, 6.07) is 7.59. The smallest absolute Gasteiger partial charge is 0.142 e. The zero-order chi connectivity index (χ0) is 13.9. The summed E-state index contributed by atoms with van der Waals surface area (Å²) < 4.78 is 5.57. The Morgan fingerprint density at radius 2 is 2.05 bits per heavy atom. The molecule has 1 aromatic carbocycles. The Balaban J connectivity index is 1.97. The van der Waals surface area contributed by atoms with Crippen LogP contribution in [0.15, 0.2) is 24.3 Å². The number of Topliss-reactive ketones (excluding diaryl/α,β-unsaturated/α-hetero) is 1. The van der Waals surface area contributed by atoms with Gasteiger partial charge >= 0.3 is 0 Å². The number of anilines is 1. The van der Waals surface area contributed by atoms with Crippen LogP contribution in [0.4, 0.5) is 5.69 Å². The molecule has 3 nitrogen and oxygen atoms in total. The van der Waals surface area contributed by atoms with Gasteiger partial charge in [0, 0.05) is 24.1 Å². The van der Waals surface area contributed by atoms with Crippen molar-refractivity contribution in [3.8, 4) is 0 Å². The SMILES string of the molecule is CC(C)(C(=O)CCC1CCCO1)c1ccc(N)cc1. The summed E-state index contributed by atoms with van der Waals surface area (Å²) in [5.74, 6) is 0.271. The first kappa shape index (κ1) is 14.1. The number of nitrogens with two attached hydrogens (primary N) is 1. The van der Waals surface area contributed by atoms with E-state index in [1.807, 2.05) is 38.1 Å². The van der Waals surface area contributed by atoms with Crippen LogP contribution in [0, 0.1) is 0 Å². The highest BCUT2D eigenvalue weighted by Gasteiger charge is 2.30. The lowest BCUT2D eigenvalue weighted by Crippen LogP contribution is -2.29. The van der Waals surface area contributed by atoms with Crippen molar-refractivity contribution in [2.45, 2.75) is 51.0 Å². The molecule has 1 heterocycles. The predicted molar refractivity (Wildman–Crippen MR) is 77.1 cm³/mol. The Bertz CT molecular complexity index is 431. The van der Waals surface area contributed by atoms with Gasteiger partial charge in [0.05, 0.1) is 6.10 Å². The molecule has 0 aromatic heterocycles. The van der Waals surface area contributed by atoms with Crippen LogP contribution in [0.1, 0.15) is 45.1 Å². The number of carbonyl (C=O) groups is 1. The molecule has 1 aromatic rings. The van der Waals surface area contributed by atoms with Crippen LogP contribution in [0.2, 0.25) is 0 Å². The quantitative estimate of drug-likeness (QED) is 0.829. The first-order chi connectivity index (χ1) is 9.00. The fourth-order valence-corrected chi connectivity index (χ4v) is 2.54. The maximum absolute atomic E-state index is 12.4. The molecule has 1 saturated heterocycles. The topological polar surface area (TPSA) is 52.3 Å². The number of hydrogen-bond acceptors (Lipinski definition) is 3. The minimum Gasteiger partial charge on any atom is -0.399 e. The van der Waals surface area contributed by atoms with Gasteiger partial charge in [0.15, 0.2) is 0 Å². The van der Waals surface area contributed by atoms with E-state index in [4.69, 9.17) is 10.5 Å². The molecule has 1 unspecified atom stereocenters. The molecule has 1 aliphatic rings. The zero-order valence-electron chi connectivity index (χ0n) is 11.8. The van der Waals surface area contributed by atoms with Crippen molar-refractivity contribution in [3.05, 3.63) is 29.8 Å². The van der Waals surface area contributed by atoms with E-state index < -0.39 is 5.41 Å². The van der Waals surface area contributed by atoms with Crippen LogP contribution in [-0.2, 0) is 14.9 Å². The van der Waals surface area contributed by atoms with Gasteiger partial charge in [-0.3, -0.25) is 4.79 Å². The van der Waals surface area contributed by atoms with Crippen molar-refractivity contribution in [3.63, 3.8) is 0 Å². The summed E-state index contributed by atoms with van der Waals surface area (Å²) in [7, 11) is 0. The Morgan fingerprint density at radius 3 is 2.63 bits per heavy atom. The van der Waals surface area contributed by atoms with Crippen molar-refractivity contribution >= 4 is 11.5 Å². The van der Waals surface area contributed by atoms with E-state index in [0.717, 1.165) is 37.1 Å². The molecule has 0 saturated carbocycles. The van der Waals surface area contributed by atoms with Crippen LogP contribution in [0.3, 0.4) is 0 Å². The molecule has 3 heteroatoms. The predicted octanol–water partition coefficient (Wildman–Crippen LogP) is 3.07. The molecule has 0 bridgehead atoms. The van der Waals surface area contributed by atoms with Gasteiger partial charge in [0.25, 0.3) is 0 Å². The highest BCUT2D eigenvalue weighted by Crippen LogP contribution is 2.28. The Hall–Kier alpha value is -1.35. The largest absolute Gasteiger partial charge is 0.399 e. The summed E-state index contributed by atoms with van der Waals surface area (Å²) in [6.45, 7) is 4.81. The summed E-state index contributed by atoms with van der Waals surface area (Å²) in [6.07, 6.45) is 3.93. The second-order valence-corrected chi connectivity index (χ2v) is 5.84. The van der Waals surface area contributed by atoms with E-state index in [0.29, 0.717) is 6.42 Å². The Labute approximate surface area is 115 Å². The van der Waals surface area contributed by atoms with Gasteiger partial charge in [-0.2, -0.15) is 0 Å². The normalized spacial score (nSPS) is 19.6. The number of ketones is 1. The second kappa shape index (κ2) is 5.74. The van der Waals surface area contributed by atoms with E-state index in [1.54, 1.807) is 0 Å². The minimum absolute atomic E-state index is 0.271. The van der Waals surface area contributed by atoms with Gasteiger partial charge < -0.3 is 10.5 Å². The number of carbonyl (C=O) groups excluding carboxylic acids is 1. The first-order valence-electron chi connectivity index (χ1n) is 7.01. The van der Waals surface area contributed by atoms with E-state index in [9.17, 15) is 4.79 Å².